The van der Waals surface area contributed by atoms with Crippen LogP contribution in [0.1, 0.15) is 0 Å². The summed E-state index contributed by atoms with van der Waals surface area (Å²) in [5.41, 5.74) is 6.99. The van der Waals surface area contributed by atoms with Crippen LogP contribution in [0, 0.1) is 0 Å². The first kappa shape index (κ1) is 21.3. The van der Waals surface area contributed by atoms with Crippen molar-refractivity contribution in [2.75, 3.05) is 0 Å². The molecule has 1 heterocycles. The lowest BCUT2D eigenvalue weighted by Gasteiger charge is -2.12. The van der Waals surface area contributed by atoms with Crippen molar-refractivity contribution in [2.24, 2.45) is 0 Å². The van der Waals surface area contributed by atoms with E-state index in [1.807, 2.05) is 66.7 Å². The molecule has 35 heavy (non-hydrogen) atoms. The van der Waals surface area contributed by atoms with Gasteiger partial charge in [-0.1, -0.05) is 127 Å². The molecule has 0 fully saturated rings. The molecule has 0 bridgehead atoms. The van der Waals surface area contributed by atoms with Gasteiger partial charge in [0.25, 0.3) is 0 Å². The molecule has 5 aromatic carbocycles. The largest absolute Gasteiger partial charge is 0.228 e. The fourth-order valence-electron chi connectivity index (χ4n) is 4.41. The molecule has 0 atom stereocenters. The average Bonchev–Trinajstić information content (AvgIpc) is 2.94. The van der Waals surface area contributed by atoms with E-state index in [2.05, 4.69) is 60.7 Å². The molecular formula is C32H21ClN2. The van der Waals surface area contributed by atoms with E-state index in [0.717, 1.165) is 49.6 Å². The molecule has 1 aromatic heterocycles. The van der Waals surface area contributed by atoms with E-state index in [4.69, 9.17) is 21.6 Å². The Morgan fingerprint density at radius 1 is 0.457 bits per heavy atom. The van der Waals surface area contributed by atoms with Crippen LogP contribution in [0.4, 0.5) is 0 Å². The van der Waals surface area contributed by atoms with Crippen LogP contribution in [0.5, 0.6) is 0 Å². The maximum atomic E-state index is 6.65. The van der Waals surface area contributed by atoms with Gasteiger partial charge in [-0.25, -0.2) is 9.97 Å². The quantitative estimate of drug-likeness (QED) is 0.258. The fraction of sp³-hybridized carbons (Fsp3) is 0. The molecule has 0 saturated carbocycles. The van der Waals surface area contributed by atoms with Crippen molar-refractivity contribution in [1.29, 1.82) is 0 Å². The molecule has 0 saturated heterocycles. The Balaban J connectivity index is 1.47. The summed E-state index contributed by atoms with van der Waals surface area (Å²) in [5.74, 6) is 0.711. The topological polar surface area (TPSA) is 25.8 Å². The normalized spacial score (nSPS) is 11.0. The first-order valence-corrected chi connectivity index (χ1v) is 11.9. The second-order valence-electron chi connectivity index (χ2n) is 8.41. The Kier molecular flexibility index (Phi) is 5.57. The monoisotopic (exact) mass is 468 g/mol. The Morgan fingerprint density at radius 3 is 1.69 bits per heavy atom. The minimum atomic E-state index is 0.711. The van der Waals surface area contributed by atoms with Gasteiger partial charge < -0.3 is 0 Å². The highest BCUT2D eigenvalue weighted by Crippen LogP contribution is 2.36. The van der Waals surface area contributed by atoms with E-state index in [9.17, 15) is 0 Å². The maximum absolute atomic E-state index is 6.65. The van der Waals surface area contributed by atoms with E-state index in [-0.39, 0.29) is 0 Å². The first-order chi connectivity index (χ1) is 17.3. The molecule has 0 amide bonds. The summed E-state index contributed by atoms with van der Waals surface area (Å²) in [6.45, 7) is 0. The van der Waals surface area contributed by atoms with Crippen LogP contribution in [0.2, 0.25) is 5.02 Å². The maximum Gasteiger partial charge on any atom is 0.160 e. The van der Waals surface area contributed by atoms with E-state index >= 15 is 0 Å². The number of nitrogens with zero attached hydrogens (tertiary/aromatic N) is 2. The third-order valence-electron chi connectivity index (χ3n) is 6.18. The fourth-order valence-corrected chi connectivity index (χ4v) is 4.69. The number of halogens is 1. The summed E-state index contributed by atoms with van der Waals surface area (Å²) in [4.78, 5) is 9.81. The summed E-state index contributed by atoms with van der Waals surface area (Å²) < 4.78 is 0. The van der Waals surface area contributed by atoms with Gasteiger partial charge >= 0.3 is 0 Å². The van der Waals surface area contributed by atoms with Gasteiger partial charge in [-0.05, 0) is 28.5 Å². The van der Waals surface area contributed by atoms with Crippen molar-refractivity contribution >= 4 is 22.4 Å². The zero-order valence-corrected chi connectivity index (χ0v) is 19.7. The number of hydrogen-bond acceptors (Lipinski definition) is 2. The SMILES string of the molecule is Clc1ccc2ccccc2c1-c1ccc(-c2cc(-c3ccccc3)nc(-c3ccccc3)n2)cc1. The van der Waals surface area contributed by atoms with Gasteiger partial charge in [0.05, 0.1) is 11.4 Å². The van der Waals surface area contributed by atoms with Crippen LogP contribution < -0.4 is 0 Å². The van der Waals surface area contributed by atoms with Gasteiger partial charge in [0.2, 0.25) is 0 Å². The second-order valence-corrected chi connectivity index (χ2v) is 8.82. The number of hydrogen-bond donors (Lipinski definition) is 0. The lowest BCUT2D eigenvalue weighted by atomic mass is 9.96. The van der Waals surface area contributed by atoms with Gasteiger partial charge in [-0.15, -0.1) is 0 Å². The molecule has 0 aliphatic carbocycles. The minimum Gasteiger partial charge on any atom is -0.228 e. The highest BCUT2D eigenvalue weighted by atomic mass is 35.5. The molecule has 2 nitrogen and oxygen atoms in total. The summed E-state index contributed by atoms with van der Waals surface area (Å²) >= 11 is 6.65. The molecular weight excluding hydrogens is 448 g/mol. The predicted octanol–water partition coefficient (Wildman–Crippen LogP) is 8.95. The van der Waals surface area contributed by atoms with Crippen molar-refractivity contribution in [3.8, 4) is 45.0 Å². The van der Waals surface area contributed by atoms with Crippen molar-refractivity contribution < 1.29 is 0 Å². The Labute approximate surface area is 209 Å². The van der Waals surface area contributed by atoms with Gasteiger partial charge in [-0.3, -0.25) is 0 Å². The summed E-state index contributed by atoms with van der Waals surface area (Å²) in [7, 11) is 0. The summed E-state index contributed by atoms with van der Waals surface area (Å²) in [6.07, 6.45) is 0. The zero-order valence-electron chi connectivity index (χ0n) is 18.9. The van der Waals surface area contributed by atoms with Gasteiger partial charge in [0.1, 0.15) is 0 Å². The third-order valence-corrected chi connectivity index (χ3v) is 6.49. The van der Waals surface area contributed by atoms with E-state index in [0.29, 0.717) is 5.82 Å². The summed E-state index contributed by atoms with van der Waals surface area (Å²) in [6, 6.07) is 43.2. The molecule has 0 radical (unpaired) electrons. The highest BCUT2D eigenvalue weighted by Gasteiger charge is 2.12. The highest BCUT2D eigenvalue weighted by molar-refractivity contribution is 6.35. The van der Waals surface area contributed by atoms with E-state index < -0.39 is 0 Å². The van der Waals surface area contributed by atoms with Gasteiger partial charge in [0.15, 0.2) is 5.82 Å². The summed E-state index contributed by atoms with van der Waals surface area (Å²) in [5, 5.41) is 3.07. The molecule has 0 spiro atoms. The van der Waals surface area contributed by atoms with Crippen LogP contribution in [0.25, 0.3) is 55.8 Å². The second kappa shape index (κ2) is 9.17. The number of benzene rings is 5. The van der Waals surface area contributed by atoms with E-state index in [1.54, 1.807) is 0 Å². The van der Waals surface area contributed by atoms with Crippen LogP contribution in [-0.2, 0) is 0 Å². The van der Waals surface area contributed by atoms with Crippen molar-refractivity contribution in [1.82, 2.24) is 9.97 Å². The average molecular weight is 469 g/mol. The minimum absolute atomic E-state index is 0.711. The number of rotatable bonds is 4. The molecule has 0 unspecified atom stereocenters. The van der Waals surface area contributed by atoms with Crippen molar-refractivity contribution in [2.45, 2.75) is 0 Å². The lowest BCUT2D eigenvalue weighted by Crippen LogP contribution is -1.95. The third kappa shape index (κ3) is 4.21. The smallest absolute Gasteiger partial charge is 0.160 e. The molecule has 6 aromatic rings. The van der Waals surface area contributed by atoms with Gasteiger partial charge in [-0.2, -0.15) is 0 Å². The van der Waals surface area contributed by atoms with Crippen molar-refractivity contribution in [3.05, 3.63) is 132 Å². The number of fused-ring (bicyclic) bond motifs is 1. The Hall–Kier alpha value is -4.27. The first-order valence-electron chi connectivity index (χ1n) is 11.5. The molecule has 0 N–H and O–H groups in total. The lowest BCUT2D eigenvalue weighted by molar-refractivity contribution is 1.18. The Morgan fingerprint density at radius 2 is 1.00 bits per heavy atom. The molecule has 0 aliphatic heterocycles. The van der Waals surface area contributed by atoms with Crippen LogP contribution >= 0.6 is 11.6 Å². The molecule has 0 aliphatic rings. The van der Waals surface area contributed by atoms with Gasteiger partial charge in [0, 0.05) is 27.3 Å². The van der Waals surface area contributed by atoms with Crippen LogP contribution in [0.15, 0.2) is 127 Å². The number of aromatic nitrogens is 2. The van der Waals surface area contributed by atoms with E-state index in [1.165, 1.54) is 5.39 Å². The molecule has 166 valence electrons. The zero-order chi connectivity index (χ0) is 23.6. The standard InChI is InChI=1S/C32H21ClN2/c33-28-20-19-22-9-7-8-14-27(22)31(28)25-17-15-24(16-18-25)30-21-29(23-10-3-1-4-11-23)34-32(35-30)26-12-5-2-6-13-26/h1-21H. The molecule has 3 heteroatoms. The molecule has 6 rings (SSSR count). The van der Waals surface area contributed by atoms with Crippen molar-refractivity contribution in [3.63, 3.8) is 0 Å². The predicted molar refractivity (Wildman–Crippen MR) is 146 cm³/mol. The van der Waals surface area contributed by atoms with Crippen LogP contribution in [-0.4, -0.2) is 9.97 Å². The van der Waals surface area contributed by atoms with Crippen LogP contribution in [0.3, 0.4) is 0 Å². The Bertz CT molecular complexity index is 1570.